The lowest BCUT2D eigenvalue weighted by atomic mass is 10.1. The molecule has 1 aliphatic rings. The Morgan fingerprint density at radius 2 is 1.95 bits per heavy atom. The largest absolute Gasteiger partial charge is 0.480 e. The van der Waals surface area contributed by atoms with Gasteiger partial charge in [0, 0.05) is 15.5 Å². The second kappa shape index (κ2) is 6.36. The van der Waals surface area contributed by atoms with Crippen molar-refractivity contribution in [2.45, 2.75) is 37.1 Å². The van der Waals surface area contributed by atoms with Gasteiger partial charge in [0.1, 0.15) is 6.04 Å². The van der Waals surface area contributed by atoms with E-state index >= 15 is 0 Å². The molecule has 0 saturated carbocycles. The number of hydrogen-bond donors (Lipinski definition) is 1. The summed E-state index contributed by atoms with van der Waals surface area (Å²) >= 11 is 6.59. The first kappa shape index (κ1) is 16.9. The van der Waals surface area contributed by atoms with Crippen LogP contribution in [0.25, 0.3) is 0 Å². The first-order valence-corrected chi connectivity index (χ1v) is 9.48. The first-order valence-electron chi connectivity index (χ1n) is 6.45. The number of sulfonamides is 1. The Balaban J connectivity index is 2.50. The fourth-order valence-electron chi connectivity index (χ4n) is 2.39. The summed E-state index contributed by atoms with van der Waals surface area (Å²) in [4.78, 5) is 11.4. The molecule has 1 saturated heterocycles. The summed E-state index contributed by atoms with van der Waals surface area (Å²) in [5.74, 6) is -1.10. The van der Waals surface area contributed by atoms with E-state index in [9.17, 15) is 18.3 Å². The Morgan fingerprint density at radius 1 is 1.29 bits per heavy atom. The number of piperidine rings is 1. The van der Waals surface area contributed by atoms with Crippen LogP contribution >= 0.6 is 31.9 Å². The number of rotatable bonds is 3. The van der Waals surface area contributed by atoms with E-state index in [1.807, 2.05) is 6.92 Å². The van der Waals surface area contributed by atoms with Gasteiger partial charge in [0.2, 0.25) is 10.0 Å². The number of hydrogen-bond acceptors (Lipinski definition) is 3. The third-order valence-electron chi connectivity index (χ3n) is 3.54. The fraction of sp³-hybridized carbons (Fsp3) is 0.462. The number of halogens is 2. The van der Waals surface area contributed by atoms with Crippen LogP contribution in [-0.2, 0) is 14.8 Å². The van der Waals surface area contributed by atoms with Gasteiger partial charge in [0.25, 0.3) is 0 Å². The zero-order valence-corrected chi connectivity index (χ0v) is 15.3. The highest BCUT2D eigenvalue weighted by atomic mass is 79.9. The molecule has 2 rings (SSSR count). The molecule has 5 nitrogen and oxygen atoms in total. The Kier molecular flexibility index (Phi) is 5.12. The highest BCUT2D eigenvalue weighted by molar-refractivity contribution is 9.11. The minimum Gasteiger partial charge on any atom is -0.480 e. The number of carboxylic acid groups (broad SMARTS) is 1. The molecule has 1 N–H and O–H groups in total. The maximum absolute atomic E-state index is 12.8. The summed E-state index contributed by atoms with van der Waals surface area (Å²) < 4.78 is 27.8. The maximum atomic E-state index is 12.8. The maximum Gasteiger partial charge on any atom is 0.322 e. The number of aryl methyl sites for hydroxylation is 1. The molecule has 8 heteroatoms. The van der Waals surface area contributed by atoms with Crippen LogP contribution in [0.3, 0.4) is 0 Å². The molecule has 0 radical (unpaired) electrons. The molecule has 1 aromatic rings. The van der Waals surface area contributed by atoms with Crippen molar-refractivity contribution in [2.24, 2.45) is 0 Å². The Bertz CT molecular complexity index is 675. The quantitative estimate of drug-likeness (QED) is 0.783. The van der Waals surface area contributed by atoms with Crippen LogP contribution in [0.1, 0.15) is 24.8 Å². The van der Waals surface area contributed by atoms with Crippen LogP contribution in [0.2, 0.25) is 0 Å². The summed E-state index contributed by atoms with van der Waals surface area (Å²) in [5.41, 5.74) is 0.897. The second-order valence-electron chi connectivity index (χ2n) is 5.00. The lowest BCUT2D eigenvalue weighted by molar-refractivity contribution is -0.142. The van der Waals surface area contributed by atoms with Crippen molar-refractivity contribution in [1.82, 2.24) is 4.31 Å². The van der Waals surface area contributed by atoms with Gasteiger partial charge >= 0.3 is 5.97 Å². The molecule has 1 aliphatic heterocycles. The van der Waals surface area contributed by atoms with Crippen molar-refractivity contribution in [3.05, 3.63) is 26.6 Å². The van der Waals surface area contributed by atoms with Crippen LogP contribution in [0.5, 0.6) is 0 Å². The normalized spacial score (nSPS) is 20.4. The van der Waals surface area contributed by atoms with E-state index in [-0.39, 0.29) is 11.4 Å². The third kappa shape index (κ3) is 3.33. The van der Waals surface area contributed by atoms with Crippen LogP contribution in [0.4, 0.5) is 0 Å². The molecule has 0 aliphatic carbocycles. The predicted molar refractivity (Wildman–Crippen MR) is 85.7 cm³/mol. The smallest absolute Gasteiger partial charge is 0.322 e. The average Bonchev–Trinajstić information content (AvgIpc) is 2.42. The number of aliphatic carboxylic acids is 1. The second-order valence-corrected chi connectivity index (χ2v) is 8.57. The Labute approximate surface area is 140 Å². The van der Waals surface area contributed by atoms with Gasteiger partial charge in [-0.15, -0.1) is 0 Å². The highest BCUT2D eigenvalue weighted by Crippen LogP contribution is 2.33. The van der Waals surface area contributed by atoms with Gasteiger partial charge in [-0.25, -0.2) is 8.42 Å². The van der Waals surface area contributed by atoms with Gasteiger partial charge in [-0.05, 0) is 59.8 Å². The topological polar surface area (TPSA) is 74.7 Å². The van der Waals surface area contributed by atoms with Gasteiger partial charge in [-0.3, -0.25) is 4.79 Å². The van der Waals surface area contributed by atoms with E-state index in [2.05, 4.69) is 31.9 Å². The molecule has 0 unspecified atom stereocenters. The molecule has 0 aromatic heterocycles. The van der Waals surface area contributed by atoms with Crippen molar-refractivity contribution in [2.75, 3.05) is 6.54 Å². The summed E-state index contributed by atoms with van der Waals surface area (Å²) in [7, 11) is -3.85. The monoisotopic (exact) mass is 439 g/mol. The van der Waals surface area contributed by atoms with Gasteiger partial charge in [0.15, 0.2) is 0 Å². The van der Waals surface area contributed by atoms with Crippen LogP contribution in [0, 0.1) is 6.92 Å². The predicted octanol–water partition coefficient (Wildman–Crippen LogP) is 3.15. The van der Waals surface area contributed by atoms with E-state index in [4.69, 9.17) is 0 Å². The van der Waals surface area contributed by atoms with Crippen molar-refractivity contribution in [3.63, 3.8) is 0 Å². The molecule has 1 heterocycles. The molecule has 1 aromatic carbocycles. The highest BCUT2D eigenvalue weighted by Gasteiger charge is 2.38. The van der Waals surface area contributed by atoms with Gasteiger partial charge in [0.05, 0.1) is 4.90 Å². The minimum atomic E-state index is -3.85. The fourth-order valence-corrected chi connectivity index (χ4v) is 5.68. The number of benzene rings is 1. The molecule has 0 spiro atoms. The van der Waals surface area contributed by atoms with Crippen molar-refractivity contribution in [3.8, 4) is 0 Å². The zero-order valence-electron chi connectivity index (χ0n) is 11.3. The Morgan fingerprint density at radius 3 is 2.57 bits per heavy atom. The lowest BCUT2D eigenvalue weighted by Gasteiger charge is -2.32. The molecule has 1 fully saturated rings. The standard InChI is InChI=1S/C13H15Br2NO4S/c1-8-6-10(15)12(7-9(8)14)21(19,20)16-5-3-2-4-11(16)13(17)18/h6-7,11H,2-5H2,1H3,(H,17,18)/t11-/m0/s1. The summed E-state index contributed by atoms with van der Waals surface area (Å²) in [6.07, 6.45) is 1.74. The number of carboxylic acids is 1. The average molecular weight is 441 g/mol. The number of carbonyl (C=O) groups is 1. The first-order chi connectivity index (χ1) is 9.75. The van der Waals surface area contributed by atoms with Gasteiger partial charge < -0.3 is 5.11 Å². The van der Waals surface area contributed by atoms with Crippen LogP contribution in [0.15, 0.2) is 26.0 Å². The molecule has 0 bridgehead atoms. The Hall–Kier alpha value is -0.440. The van der Waals surface area contributed by atoms with Crippen molar-refractivity contribution < 1.29 is 18.3 Å². The van der Waals surface area contributed by atoms with E-state index in [1.54, 1.807) is 6.07 Å². The molecule has 116 valence electrons. The minimum absolute atomic E-state index is 0.0909. The van der Waals surface area contributed by atoms with Gasteiger partial charge in [-0.1, -0.05) is 15.9 Å². The zero-order chi connectivity index (χ0) is 15.8. The van der Waals surface area contributed by atoms with Crippen molar-refractivity contribution >= 4 is 47.9 Å². The SMILES string of the molecule is Cc1cc(Br)c(S(=O)(=O)N2CCCC[C@H]2C(=O)O)cc1Br. The molecular formula is C13H15Br2NO4S. The summed E-state index contributed by atoms with van der Waals surface area (Å²) in [5, 5.41) is 9.26. The third-order valence-corrected chi connectivity index (χ3v) is 7.26. The van der Waals surface area contributed by atoms with Gasteiger partial charge in [-0.2, -0.15) is 4.31 Å². The van der Waals surface area contributed by atoms with Crippen LogP contribution in [-0.4, -0.2) is 36.4 Å². The number of nitrogens with zero attached hydrogens (tertiary/aromatic N) is 1. The summed E-state index contributed by atoms with van der Waals surface area (Å²) in [6.45, 7) is 2.09. The van der Waals surface area contributed by atoms with E-state index in [0.29, 0.717) is 21.8 Å². The van der Waals surface area contributed by atoms with Crippen LogP contribution < -0.4 is 0 Å². The molecule has 0 amide bonds. The lowest BCUT2D eigenvalue weighted by Crippen LogP contribution is -2.47. The molecule has 1 atom stereocenters. The van der Waals surface area contributed by atoms with E-state index in [0.717, 1.165) is 16.3 Å². The summed E-state index contributed by atoms with van der Waals surface area (Å²) in [6, 6.07) is 2.23. The van der Waals surface area contributed by atoms with Crippen molar-refractivity contribution in [1.29, 1.82) is 0 Å². The molecular weight excluding hydrogens is 426 g/mol. The van der Waals surface area contributed by atoms with E-state index in [1.165, 1.54) is 6.07 Å². The van der Waals surface area contributed by atoms with E-state index < -0.39 is 22.0 Å². The molecule has 21 heavy (non-hydrogen) atoms.